The fraction of sp³-hybridized carbons (Fsp3) is 0.333. The van der Waals surface area contributed by atoms with Gasteiger partial charge in [0, 0.05) is 4.47 Å². The van der Waals surface area contributed by atoms with Crippen LogP contribution in [0.3, 0.4) is 0 Å². The number of alkyl halides is 1. The van der Waals surface area contributed by atoms with Crippen molar-refractivity contribution >= 4 is 31.9 Å². The quantitative estimate of drug-likeness (QED) is 0.510. The highest BCUT2D eigenvalue weighted by Gasteiger charge is 2.20. The van der Waals surface area contributed by atoms with Crippen LogP contribution in [-0.4, -0.2) is 0 Å². The van der Waals surface area contributed by atoms with Crippen LogP contribution < -0.4 is 0 Å². The fourth-order valence-corrected chi connectivity index (χ4v) is 4.49. The Morgan fingerprint density at radius 1 is 0.850 bits per heavy atom. The van der Waals surface area contributed by atoms with Crippen LogP contribution in [0.25, 0.3) is 0 Å². The largest absolute Gasteiger partial charge is 0.0786 e. The predicted molar refractivity (Wildman–Crippen MR) is 95.0 cm³/mol. The number of hydrogen-bond acceptors (Lipinski definition) is 0. The summed E-state index contributed by atoms with van der Waals surface area (Å²) in [6, 6.07) is 8.79. The van der Waals surface area contributed by atoms with E-state index in [4.69, 9.17) is 0 Å². The Kier molecular flexibility index (Phi) is 4.76. The highest BCUT2D eigenvalue weighted by Crippen LogP contribution is 2.40. The second-order valence-corrected chi connectivity index (χ2v) is 7.33. The summed E-state index contributed by atoms with van der Waals surface area (Å²) in [5, 5.41) is 0. The van der Waals surface area contributed by atoms with Crippen molar-refractivity contribution in [3.8, 4) is 0 Å². The molecular weight excluding hydrogens is 376 g/mol. The second kappa shape index (κ2) is 6.03. The molecule has 0 bridgehead atoms. The molecule has 0 spiro atoms. The molecule has 2 heteroatoms. The van der Waals surface area contributed by atoms with Crippen molar-refractivity contribution in [1.29, 1.82) is 0 Å². The van der Waals surface area contributed by atoms with E-state index in [9.17, 15) is 0 Å². The van der Waals surface area contributed by atoms with E-state index < -0.39 is 0 Å². The van der Waals surface area contributed by atoms with Gasteiger partial charge in [0.2, 0.25) is 0 Å². The van der Waals surface area contributed by atoms with Crippen molar-refractivity contribution in [3.05, 3.63) is 67.7 Å². The van der Waals surface area contributed by atoms with Crippen molar-refractivity contribution in [1.82, 2.24) is 0 Å². The van der Waals surface area contributed by atoms with E-state index in [1.807, 2.05) is 0 Å². The summed E-state index contributed by atoms with van der Waals surface area (Å²) in [5.74, 6) is 0. The first-order valence-electron chi connectivity index (χ1n) is 6.80. The highest BCUT2D eigenvalue weighted by molar-refractivity contribution is 9.11. The standard InChI is InChI=1S/C18H20Br2/c1-10-6-7-16(19)15(8-10)18(20)17-13(4)11(2)9-12(3)14(17)5/h6-9,18H,1-5H3. The Bertz CT molecular complexity index is 631. The van der Waals surface area contributed by atoms with Crippen LogP contribution in [0, 0.1) is 34.6 Å². The van der Waals surface area contributed by atoms with E-state index in [1.54, 1.807) is 0 Å². The van der Waals surface area contributed by atoms with Crippen LogP contribution in [0.4, 0.5) is 0 Å². The number of hydrogen-bond donors (Lipinski definition) is 0. The van der Waals surface area contributed by atoms with Crippen molar-refractivity contribution in [2.45, 2.75) is 39.4 Å². The Hall–Kier alpha value is -0.600. The van der Waals surface area contributed by atoms with Crippen LogP contribution in [0.2, 0.25) is 0 Å². The molecule has 0 aromatic heterocycles. The molecule has 20 heavy (non-hydrogen) atoms. The Balaban J connectivity index is 2.65. The summed E-state index contributed by atoms with van der Waals surface area (Å²) >= 11 is 7.60. The van der Waals surface area contributed by atoms with Crippen molar-refractivity contribution in [2.75, 3.05) is 0 Å². The number of benzene rings is 2. The topological polar surface area (TPSA) is 0 Å². The van der Waals surface area contributed by atoms with Gasteiger partial charge in [-0.15, -0.1) is 0 Å². The van der Waals surface area contributed by atoms with Crippen LogP contribution in [-0.2, 0) is 0 Å². The third kappa shape index (κ3) is 2.87. The van der Waals surface area contributed by atoms with E-state index in [0.717, 1.165) is 4.47 Å². The Morgan fingerprint density at radius 3 is 1.95 bits per heavy atom. The van der Waals surface area contributed by atoms with Gasteiger partial charge in [-0.3, -0.25) is 0 Å². The van der Waals surface area contributed by atoms with Gasteiger partial charge >= 0.3 is 0 Å². The molecule has 0 aliphatic rings. The lowest BCUT2D eigenvalue weighted by Gasteiger charge is -2.21. The number of halogens is 2. The minimum Gasteiger partial charge on any atom is -0.0786 e. The molecule has 0 aliphatic carbocycles. The minimum absolute atomic E-state index is 0.218. The SMILES string of the molecule is Cc1ccc(Br)c(C(Br)c2c(C)c(C)cc(C)c2C)c1. The van der Waals surface area contributed by atoms with Gasteiger partial charge in [0.25, 0.3) is 0 Å². The van der Waals surface area contributed by atoms with E-state index >= 15 is 0 Å². The third-order valence-electron chi connectivity index (χ3n) is 4.10. The van der Waals surface area contributed by atoms with Gasteiger partial charge in [-0.1, -0.05) is 55.6 Å². The maximum absolute atomic E-state index is 3.92. The molecular formula is C18H20Br2. The summed E-state index contributed by atoms with van der Waals surface area (Å²) in [7, 11) is 0. The minimum atomic E-state index is 0.218. The average Bonchev–Trinajstić information content (AvgIpc) is 2.39. The van der Waals surface area contributed by atoms with E-state index in [1.165, 1.54) is 38.9 Å². The second-order valence-electron chi connectivity index (χ2n) is 5.56. The molecule has 1 unspecified atom stereocenters. The van der Waals surface area contributed by atoms with Crippen LogP contribution in [0.5, 0.6) is 0 Å². The Labute approximate surface area is 138 Å². The van der Waals surface area contributed by atoms with Gasteiger partial charge in [-0.05, 0) is 74.1 Å². The summed E-state index contributed by atoms with van der Waals surface area (Å²) < 4.78 is 1.16. The zero-order valence-corrected chi connectivity index (χ0v) is 15.8. The normalized spacial score (nSPS) is 12.6. The molecule has 0 saturated heterocycles. The number of rotatable bonds is 2. The highest BCUT2D eigenvalue weighted by atomic mass is 79.9. The molecule has 0 saturated carbocycles. The van der Waals surface area contributed by atoms with Crippen molar-refractivity contribution in [3.63, 3.8) is 0 Å². The Morgan fingerprint density at radius 2 is 1.40 bits per heavy atom. The first-order valence-corrected chi connectivity index (χ1v) is 8.51. The lowest BCUT2D eigenvalue weighted by atomic mass is 9.90. The van der Waals surface area contributed by atoms with Gasteiger partial charge in [0.15, 0.2) is 0 Å². The van der Waals surface area contributed by atoms with E-state index in [0.29, 0.717) is 0 Å². The van der Waals surface area contributed by atoms with Crippen molar-refractivity contribution < 1.29 is 0 Å². The summed E-state index contributed by atoms with van der Waals surface area (Å²) in [4.78, 5) is 0.218. The van der Waals surface area contributed by atoms with Gasteiger partial charge in [0.05, 0.1) is 4.83 Å². The lowest BCUT2D eigenvalue weighted by molar-refractivity contribution is 1.07. The van der Waals surface area contributed by atoms with E-state index in [-0.39, 0.29) is 4.83 Å². The van der Waals surface area contributed by atoms with Gasteiger partial charge in [0.1, 0.15) is 0 Å². The summed E-state index contributed by atoms with van der Waals surface area (Å²) in [6.45, 7) is 11.0. The van der Waals surface area contributed by atoms with Crippen LogP contribution in [0.1, 0.15) is 43.8 Å². The lowest BCUT2D eigenvalue weighted by Crippen LogP contribution is -2.04. The van der Waals surface area contributed by atoms with Crippen molar-refractivity contribution in [2.24, 2.45) is 0 Å². The smallest absolute Gasteiger partial charge is 0.0661 e. The molecule has 106 valence electrons. The first-order chi connectivity index (χ1) is 9.32. The molecule has 2 aromatic carbocycles. The zero-order chi connectivity index (χ0) is 15.0. The fourth-order valence-electron chi connectivity index (χ4n) is 2.64. The maximum Gasteiger partial charge on any atom is 0.0661 e. The van der Waals surface area contributed by atoms with E-state index in [2.05, 4.69) is 90.7 Å². The average molecular weight is 396 g/mol. The molecule has 0 aliphatic heterocycles. The van der Waals surface area contributed by atoms with Gasteiger partial charge in [-0.2, -0.15) is 0 Å². The molecule has 2 aromatic rings. The third-order valence-corrected chi connectivity index (χ3v) is 5.78. The summed E-state index contributed by atoms with van der Waals surface area (Å²) in [6.07, 6.45) is 0. The first kappa shape index (κ1) is 15.8. The monoisotopic (exact) mass is 394 g/mol. The molecule has 0 nitrogen and oxygen atoms in total. The summed E-state index contributed by atoms with van der Waals surface area (Å²) in [5.41, 5.74) is 9.45. The van der Waals surface area contributed by atoms with Crippen LogP contribution >= 0.6 is 31.9 Å². The maximum atomic E-state index is 3.92. The molecule has 0 heterocycles. The molecule has 0 N–H and O–H groups in total. The molecule has 1 atom stereocenters. The predicted octanol–water partition coefficient (Wildman–Crippen LogP) is 6.48. The molecule has 0 radical (unpaired) electrons. The molecule has 0 fully saturated rings. The molecule has 2 rings (SSSR count). The zero-order valence-electron chi connectivity index (χ0n) is 12.6. The van der Waals surface area contributed by atoms with Gasteiger partial charge < -0.3 is 0 Å². The van der Waals surface area contributed by atoms with Crippen LogP contribution in [0.15, 0.2) is 28.7 Å². The molecule has 0 amide bonds. The van der Waals surface area contributed by atoms with Gasteiger partial charge in [-0.25, -0.2) is 0 Å². The number of aryl methyl sites for hydroxylation is 3.